The van der Waals surface area contributed by atoms with Crippen LogP contribution in [0.3, 0.4) is 0 Å². The van der Waals surface area contributed by atoms with Crippen LogP contribution in [-0.4, -0.2) is 41.1 Å². The second kappa shape index (κ2) is 5.74. The van der Waals surface area contributed by atoms with Gasteiger partial charge in [0.1, 0.15) is 12.6 Å². The van der Waals surface area contributed by atoms with Crippen LogP contribution in [0, 0.1) is 6.92 Å². The molecule has 21 heavy (non-hydrogen) atoms. The van der Waals surface area contributed by atoms with Crippen LogP contribution in [-0.2, 0) is 19.2 Å². The smallest absolute Gasteiger partial charge is 0.313 e. The molecule has 7 nitrogen and oxygen atoms in total. The van der Waals surface area contributed by atoms with E-state index in [4.69, 9.17) is 0 Å². The molecule has 0 radical (unpaired) electrons. The normalized spacial score (nSPS) is 18.2. The number of benzene rings is 1. The summed E-state index contributed by atoms with van der Waals surface area (Å²) in [5.41, 5.74) is 1.49. The first-order valence-corrected chi connectivity index (χ1v) is 6.41. The Balaban J connectivity index is 2.08. The molecule has 0 saturated carbocycles. The van der Waals surface area contributed by atoms with Crippen LogP contribution in [0.1, 0.15) is 12.5 Å². The molecular formula is C14H15N3O4. The number of carbonyl (C=O) groups excluding carboxylic acids is 4. The number of nitrogens with zero attached hydrogens (tertiary/aromatic N) is 1. The van der Waals surface area contributed by atoms with Crippen molar-refractivity contribution in [2.24, 2.45) is 0 Å². The predicted octanol–water partition coefficient (Wildman–Crippen LogP) is -0.193. The lowest BCUT2D eigenvalue weighted by molar-refractivity contribution is -0.152. The van der Waals surface area contributed by atoms with Crippen molar-refractivity contribution in [2.75, 3.05) is 11.9 Å². The maximum atomic E-state index is 12.1. The van der Waals surface area contributed by atoms with E-state index in [1.54, 1.807) is 24.3 Å². The molecule has 1 aliphatic rings. The van der Waals surface area contributed by atoms with Gasteiger partial charge in [-0.1, -0.05) is 17.7 Å². The summed E-state index contributed by atoms with van der Waals surface area (Å²) in [4.78, 5) is 47.7. The number of aryl methyl sites for hydroxylation is 1. The zero-order valence-electron chi connectivity index (χ0n) is 11.7. The van der Waals surface area contributed by atoms with Gasteiger partial charge in [-0.15, -0.1) is 0 Å². The first-order chi connectivity index (χ1) is 9.88. The summed E-state index contributed by atoms with van der Waals surface area (Å²) < 4.78 is 0. The van der Waals surface area contributed by atoms with Crippen LogP contribution in [0.2, 0.25) is 0 Å². The molecule has 1 aromatic carbocycles. The Morgan fingerprint density at radius 3 is 2.48 bits per heavy atom. The number of amides is 4. The fourth-order valence-corrected chi connectivity index (χ4v) is 1.91. The summed E-state index contributed by atoms with van der Waals surface area (Å²) >= 11 is 0. The molecule has 1 unspecified atom stereocenters. The lowest BCUT2D eigenvalue weighted by Crippen LogP contribution is -2.60. The number of hydrogen-bond donors (Lipinski definition) is 2. The standard InChI is InChI=1S/C14H15N3O4/c1-8-3-5-10(6-4-8)15-13(20)14(21)17-7-11(18)16-12(19)9(17)2/h3-6,9H,7H2,1-2H3,(H,15,20)(H,16,18,19). The molecule has 1 heterocycles. The van der Waals surface area contributed by atoms with E-state index in [9.17, 15) is 19.2 Å². The van der Waals surface area contributed by atoms with E-state index >= 15 is 0 Å². The molecule has 0 aliphatic carbocycles. The van der Waals surface area contributed by atoms with Gasteiger partial charge in [0, 0.05) is 5.69 Å². The highest BCUT2D eigenvalue weighted by Crippen LogP contribution is 2.10. The largest absolute Gasteiger partial charge is 0.318 e. The summed E-state index contributed by atoms with van der Waals surface area (Å²) in [6, 6.07) is 6.05. The summed E-state index contributed by atoms with van der Waals surface area (Å²) in [7, 11) is 0. The highest BCUT2D eigenvalue weighted by molar-refractivity contribution is 6.40. The number of carbonyl (C=O) groups is 4. The average Bonchev–Trinajstić information content (AvgIpc) is 2.44. The van der Waals surface area contributed by atoms with Crippen molar-refractivity contribution in [1.82, 2.24) is 10.2 Å². The molecule has 2 rings (SSSR count). The molecule has 1 aromatic rings. The minimum atomic E-state index is -0.911. The monoisotopic (exact) mass is 289 g/mol. The Kier molecular flexibility index (Phi) is 4.02. The second-order valence-corrected chi connectivity index (χ2v) is 4.84. The molecule has 1 saturated heterocycles. The highest BCUT2D eigenvalue weighted by atomic mass is 16.2. The quantitative estimate of drug-likeness (QED) is 0.553. The number of rotatable bonds is 1. The minimum absolute atomic E-state index is 0.312. The van der Waals surface area contributed by atoms with Crippen molar-refractivity contribution in [2.45, 2.75) is 19.9 Å². The van der Waals surface area contributed by atoms with Crippen molar-refractivity contribution in [3.8, 4) is 0 Å². The first-order valence-electron chi connectivity index (χ1n) is 6.41. The minimum Gasteiger partial charge on any atom is -0.318 e. The molecule has 2 N–H and O–H groups in total. The Morgan fingerprint density at radius 1 is 1.24 bits per heavy atom. The van der Waals surface area contributed by atoms with Gasteiger partial charge in [-0.25, -0.2) is 0 Å². The van der Waals surface area contributed by atoms with Crippen molar-refractivity contribution < 1.29 is 19.2 Å². The van der Waals surface area contributed by atoms with Gasteiger partial charge in [-0.3, -0.25) is 24.5 Å². The maximum Gasteiger partial charge on any atom is 0.313 e. The third kappa shape index (κ3) is 3.25. The summed E-state index contributed by atoms with van der Waals surface area (Å²) in [6.07, 6.45) is 0. The summed E-state index contributed by atoms with van der Waals surface area (Å²) in [5.74, 6) is -2.99. The van der Waals surface area contributed by atoms with Gasteiger partial charge in [0.05, 0.1) is 0 Å². The van der Waals surface area contributed by atoms with Crippen LogP contribution in [0.4, 0.5) is 5.69 Å². The number of hydrogen-bond acceptors (Lipinski definition) is 4. The number of nitrogens with one attached hydrogen (secondary N) is 2. The Labute approximate surface area is 121 Å². The molecule has 0 aromatic heterocycles. The molecule has 110 valence electrons. The van der Waals surface area contributed by atoms with Crippen LogP contribution >= 0.6 is 0 Å². The van der Waals surface area contributed by atoms with Gasteiger partial charge in [-0.2, -0.15) is 0 Å². The molecule has 1 atom stereocenters. The average molecular weight is 289 g/mol. The van der Waals surface area contributed by atoms with Gasteiger partial charge in [-0.05, 0) is 26.0 Å². The molecule has 7 heteroatoms. The van der Waals surface area contributed by atoms with Crippen molar-refractivity contribution in [1.29, 1.82) is 0 Å². The van der Waals surface area contributed by atoms with E-state index in [1.165, 1.54) is 6.92 Å². The zero-order chi connectivity index (χ0) is 15.6. The first kappa shape index (κ1) is 14.7. The molecule has 0 bridgehead atoms. The second-order valence-electron chi connectivity index (χ2n) is 4.84. The Morgan fingerprint density at radius 2 is 1.86 bits per heavy atom. The van der Waals surface area contributed by atoms with Crippen LogP contribution in [0.15, 0.2) is 24.3 Å². The van der Waals surface area contributed by atoms with Crippen molar-refractivity contribution >= 4 is 29.3 Å². The van der Waals surface area contributed by atoms with E-state index in [-0.39, 0.29) is 6.54 Å². The van der Waals surface area contributed by atoms with Crippen LogP contribution < -0.4 is 10.6 Å². The number of piperazine rings is 1. The van der Waals surface area contributed by atoms with Gasteiger partial charge in [0.25, 0.3) is 0 Å². The fourth-order valence-electron chi connectivity index (χ4n) is 1.91. The molecule has 1 fully saturated rings. The SMILES string of the molecule is Cc1ccc(NC(=O)C(=O)N2CC(=O)NC(=O)C2C)cc1. The molecule has 4 amide bonds. The van der Waals surface area contributed by atoms with E-state index in [0.717, 1.165) is 10.5 Å². The van der Waals surface area contributed by atoms with Crippen molar-refractivity contribution in [3.63, 3.8) is 0 Å². The molecule has 0 spiro atoms. The van der Waals surface area contributed by atoms with E-state index in [2.05, 4.69) is 10.6 Å². The van der Waals surface area contributed by atoms with Gasteiger partial charge in [0.2, 0.25) is 11.8 Å². The third-order valence-corrected chi connectivity index (χ3v) is 3.19. The number of imide groups is 1. The molecule has 1 aliphatic heterocycles. The van der Waals surface area contributed by atoms with E-state index in [1.807, 2.05) is 6.92 Å². The highest BCUT2D eigenvalue weighted by Gasteiger charge is 2.36. The zero-order valence-corrected chi connectivity index (χ0v) is 11.7. The van der Waals surface area contributed by atoms with Crippen LogP contribution in [0.25, 0.3) is 0 Å². The molecular weight excluding hydrogens is 274 g/mol. The lowest BCUT2D eigenvalue weighted by atomic mass is 10.2. The van der Waals surface area contributed by atoms with Gasteiger partial charge in [0.15, 0.2) is 0 Å². The van der Waals surface area contributed by atoms with Gasteiger partial charge < -0.3 is 10.2 Å². The fraction of sp³-hybridized carbons (Fsp3) is 0.286. The predicted molar refractivity (Wildman–Crippen MR) is 74.1 cm³/mol. The summed E-state index contributed by atoms with van der Waals surface area (Å²) in [5, 5.41) is 4.55. The summed E-state index contributed by atoms with van der Waals surface area (Å²) in [6.45, 7) is 3.04. The Bertz CT molecular complexity index is 609. The topological polar surface area (TPSA) is 95.6 Å². The maximum absolute atomic E-state index is 12.1. The van der Waals surface area contributed by atoms with Crippen LogP contribution in [0.5, 0.6) is 0 Å². The lowest BCUT2D eigenvalue weighted by Gasteiger charge is -2.30. The van der Waals surface area contributed by atoms with E-state index in [0.29, 0.717) is 5.69 Å². The number of anilines is 1. The van der Waals surface area contributed by atoms with E-state index < -0.39 is 29.7 Å². The third-order valence-electron chi connectivity index (χ3n) is 3.19. The Hall–Kier alpha value is -2.70. The van der Waals surface area contributed by atoms with Crippen molar-refractivity contribution in [3.05, 3.63) is 29.8 Å². The van der Waals surface area contributed by atoms with Gasteiger partial charge >= 0.3 is 11.8 Å².